The summed E-state index contributed by atoms with van der Waals surface area (Å²) < 4.78 is 4.78. The van der Waals surface area contributed by atoms with Crippen LogP contribution in [0.4, 0.5) is 11.4 Å². The number of carbonyl (C=O) groups excluding carboxylic acids is 1. The fraction of sp³-hybridized carbons (Fsp3) is 0.500. The van der Waals surface area contributed by atoms with E-state index >= 15 is 0 Å². The van der Waals surface area contributed by atoms with E-state index in [1.54, 1.807) is 0 Å². The van der Waals surface area contributed by atoms with Crippen LogP contribution >= 0.6 is 0 Å². The zero-order valence-corrected chi connectivity index (χ0v) is 11.5. The van der Waals surface area contributed by atoms with Gasteiger partial charge in [-0.15, -0.1) is 0 Å². The predicted octanol–water partition coefficient (Wildman–Crippen LogP) is 0.952. The average Bonchev–Trinajstić information content (AvgIpc) is 2.46. The molecule has 0 saturated carbocycles. The molecular formula is C14H21N3O2. The van der Waals surface area contributed by atoms with Gasteiger partial charge in [-0.05, 0) is 31.2 Å². The van der Waals surface area contributed by atoms with Crippen LogP contribution in [0.3, 0.4) is 0 Å². The van der Waals surface area contributed by atoms with Crippen LogP contribution in [-0.4, -0.2) is 50.2 Å². The van der Waals surface area contributed by atoms with Crippen LogP contribution in [0, 0.1) is 0 Å². The van der Waals surface area contributed by atoms with Crippen molar-refractivity contribution in [1.29, 1.82) is 0 Å². The van der Waals surface area contributed by atoms with Crippen LogP contribution in [0.25, 0.3) is 0 Å². The minimum atomic E-state index is -0.168. The molecule has 0 amide bonds. The Balaban J connectivity index is 1.92. The average molecular weight is 263 g/mol. The number of hydrogen-bond acceptors (Lipinski definition) is 5. The Hall–Kier alpha value is -1.75. The number of nitrogen functional groups attached to an aromatic ring is 1. The van der Waals surface area contributed by atoms with Crippen molar-refractivity contribution in [2.24, 2.45) is 0 Å². The molecule has 2 N–H and O–H groups in total. The van der Waals surface area contributed by atoms with Gasteiger partial charge >= 0.3 is 5.97 Å². The van der Waals surface area contributed by atoms with Crippen molar-refractivity contribution in [3.63, 3.8) is 0 Å². The van der Waals surface area contributed by atoms with Crippen LogP contribution in [0.2, 0.25) is 0 Å². The number of carbonyl (C=O) groups is 1. The summed E-state index contributed by atoms with van der Waals surface area (Å²) in [6.45, 7) is 5.43. The second-order valence-electron chi connectivity index (χ2n) is 4.81. The summed E-state index contributed by atoms with van der Waals surface area (Å²) in [5.74, 6) is -0.166. The number of hydrogen-bond donors (Lipinski definition) is 1. The molecule has 2 rings (SSSR count). The molecule has 0 spiro atoms. The number of methoxy groups -OCH3 is 1. The number of piperazine rings is 1. The van der Waals surface area contributed by atoms with Gasteiger partial charge in [0.15, 0.2) is 0 Å². The Bertz CT molecular complexity index is 425. The second-order valence-corrected chi connectivity index (χ2v) is 4.81. The molecule has 1 aliphatic heterocycles. The maximum absolute atomic E-state index is 11.5. The molecule has 104 valence electrons. The number of esters is 1. The van der Waals surface area contributed by atoms with Crippen LogP contribution < -0.4 is 10.6 Å². The van der Waals surface area contributed by atoms with Crippen molar-refractivity contribution in [2.75, 3.05) is 43.9 Å². The van der Waals surface area contributed by atoms with Gasteiger partial charge in [0, 0.05) is 37.6 Å². The molecule has 5 nitrogen and oxygen atoms in total. The van der Waals surface area contributed by atoms with Gasteiger partial charge < -0.3 is 15.4 Å². The van der Waals surface area contributed by atoms with E-state index in [9.17, 15) is 4.79 Å². The van der Waals surface area contributed by atoms with Crippen molar-refractivity contribution >= 4 is 17.3 Å². The van der Waals surface area contributed by atoms with E-state index in [2.05, 4.69) is 9.80 Å². The first-order valence-electron chi connectivity index (χ1n) is 6.54. The fourth-order valence-electron chi connectivity index (χ4n) is 2.37. The Kier molecular flexibility index (Phi) is 4.27. The van der Waals surface area contributed by atoms with Gasteiger partial charge in [-0.3, -0.25) is 9.69 Å². The molecule has 0 bridgehead atoms. The molecule has 1 aliphatic rings. The first-order valence-corrected chi connectivity index (χ1v) is 6.54. The van der Waals surface area contributed by atoms with Crippen LogP contribution in [0.15, 0.2) is 24.3 Å². The lowest BCUT2D eigenvalue weighted by Crippen LogP contribution is -2.52. The van der Waals surface area contributed by atoms with Crippen molar-refractivity contribution in [2.45, 2.75) is 13.0 Å². The topological polar surface area (TPSA) is 58.8 Å². The van der Waals surface area contributed by atoms with E-state index in [4.69, 9.17) is 10.5 Å². The van der Waals surface area contributed by atoms with E-state index in [1.807, 2.05) is 31.2 Å². The Labute approximate surface area is 113 Å². The molecule has 5 heteroatoms. The highest BCUT2D eigenvalue weighted by Crippen LogP contribution is 2.18. The summed E-state index contributed by atoms with van der Waals surface area (Å²) in [4.78, 5) is 16.0. The first-order chi connectivity index (χ1) is 9.11. The van der Waals surface area contributed by atoms with Crippen molar-refractivity contribution < 1.29 is 9.53 Å². The van der Waals surface area contributed by atoms with Gasteiger partial charge in [0.1, 0.15) is 6.04 Å². The number of nitrogens with zero attached hydrogens (tertiary/aromatic N) is 2. The smallest absolute Gasteiger partial charge is 0.322 e. The zero-order valence-electron chi connectivity index (χ0n) is 11.5. The lowest BCUT2D eigenvalue weighted by atomic mass is 10.2. The summed E-state index contributed by atoms with van der Waals surface area (Å²) in [5.41, 5.74) is 7.65. The molecule has 1 aromatic carbocycles. The normalized spacial score (nSPS) is 18.1. The molecule has 19 heavy (non-hydrogen) atoms. The third-order valence-corrected chi connectivity index (χ3v) is 3.66. The van der Waals surface area contributed by atoms with Crippen molar-refractivity contribution in [1.82, 2.24) is 4.90 Å². The maximum atomic E-state index is 11.5. The molecule has 1 saturated heterocycles. The number of nitrogens with two attached hydrogens (primary N) is 1. The molecular weight excluding hydrogens is 242 g/mol. The number of rotatable bonds is 3. The first kappa shape index (κ1) is 13.7. The quantitative estimate of drug-likeness (QED) is 0.650. The van der Waals surface area contributed by atoms with Crippen LogP contribution in [-0.2, 0) is 9.53 Å². The van der Waals surface area contributed by atoms with Gasteiger partial charge in [0.2, 0.25) is 0 Å². The molecule has 1 heterocycles. The number of ether oxygens (including phenoxy) is 1. The third-order valence-electron chi connectivity index (χ3n) is 3.66. The molecule has 0 radical (unpaired) electrons. The largest absolute Gasteiger partial charge is 0.468 e. The molecule has 1 aromatic rings. The van der Waals surface area contributed by atoms with Crippen LogP contribution in [0.5, 0.6) is 0 Å². The summed E-state index contributed by atoms with van der Waals surface area (Å²) in [6.07, 6.45) is 0. The minimum Gasteiger partial charge on any atom is -0.468 e. The van der Waals surface area contributed by atoms with Crippen molar-refractivity contribution in [3.8, 4) is 0 Å². The Morgan fingerprint density at radius 1 is 1.21 bits per heavy atom. The van der Waals surface area contributed by atoms with Gasteiger partial charge in [-0.25, -0.2) is 0 Å². The zero-order chi connectivity index (χ0) is 13.8. The van der Waals surface area contributed by atoms with E-state index in [-0.39, 0.29) is 12.0 Å². The highest BCUT2D eigenvalue weighted by molar-refractivity contribution is 5.75. The highest BCUT2D eigenvalue weighted by Gasteiger charge is 2.25. The monoisotopic (exact) mass is 263 g/mol. The summed E-state index contributed by atoms with van der Waals surface area (Å²) in [5, 5.41) is 0. The Morgan fingerprint density at radius 3 is 2.32 bits per heavy atom. The molecule has 1 unspecified atom stereocenters. The van der Waals surface area contributed by atoms with Gasteiger partial charge in [0.05, 0.1) is 7.11 Å². The number of anilines is 2. The van der Waals surface area contributed by atoms with E-state index < -0.39 is 0 Å². The van der Waals surface area contributed by atoms with Gasteiger partial charge in [-0.2, -0.15) is 0 Å². The third kappa shape index (κ3) is 3.17. The van der Waals surface area contributed by atoms with E-state index in [0.717, 1.165) is 31.9 Å². The lowest BCUT2D eigenvalue weighted by molar-refractivity contribution is -0.146. The van der Waals surface area contributed by atoms with E-state index in [1.165, 1.54) is 12.8 Å². The molecule has 1 atom stereocenters. The minimum absolute atomic E-state index is 0.166. The fourth-order valence-corrected chi connectivity index (χ4v) is 2.37. The summed E-state index contributed by atoms with van der Waals surface area (Å²) in [7, 11) is 1.43. The predicted molar refractivity (Wildman–Crippen MR) is 76.1 cm³/mol. The maximum Gasteiger partial charge on any atom is 0.322 e. The highest BCUT2D eigenvalue weighted by atomic mass is 16.5. The lowest BCUT2D eigenvalue weighted by Gasteiger charge is -2.38. The van der Waals surface area contributed by atoms with Crippen molar-refractivity contribution in [3.05, 3.63) is 24.3 Å². The molecule has 1 fully saturated rings. The SMILES string of the molecule is COC(=O)C(C)N1CCN(c2ccc(N)cc2)CC1. The second kappa shape index (κ2) is 5.93. The van der Waals surface area contributed by atoms with E-state index in [0.29, 0.717) is 0 Å². The van der Waals surface area contributed by atoms with Gasteiger partial charge in [0.25, 0.3) is 0 Å². The number of benzene rings is 1. The van der Waals surface area contributed by atoms with Gasteiger partial charge in [-0.1, -0.05) is 0 Å². The standard InChI is InChI=1S/C14H21N3O2/c1-11(14(18)19-2)16-7-9-17(10-8-16)13-5-3-12(15)4-6-13/h3-6,11H,7-10,15H2,1-2H3. The summed E-state index contributed by atoms with van der Waals surface area (Å²) in [6, 6.07) is 7.74. The van der Waals surface area contributed by atoms with Crippen LogP contribution in [0.1, 0.15) is 6.92 Å². The molecule has 0 aliphatic carbocycles. The summed E-state index contributed by atoms with van der Waals surface area (Å²) >= 11 is 0. The molecule has 0 aromatic heterocycles. The Morgan fingerprint density at radius 2 is 1.79 bits per heavy atom.